The molecule has 1 saturated heterocycles. The molecular formula is C19H22N4O3. The van der Waals surface area contributed by atoms with Crippen molar-refractivity contribution in [3.63, 3.8) is 0 Å². The number of nitrogens with zero attached hydrogens (tertiary/aromatic N) is 3. The molecule has 1 unspecified atom stereocenters. The minimum atomic E-state index is -0.541. The van der Waals surface area contributed by atoms with E-state index in [-0.39, 0.29) is 18.0 Å². The Labute approximate surface area is 151 Å². The third kappa shape index (κ3) is 3.83. The Bertz CT molecular complexity index is 863. The lowest BCUT2D eigenvalue weighted by Crippen LogP contribution is -2.58. The number of aromatic nitrogens is 1. The third-order valence-electron chi connectivity index (χ3n) is 4.67. The van der Waals surface area contributed by atoms with Crippen LogP contribution in [0.4, 0.5) is 0 Å². The van der Waals surface area contributed by atoms with Crippen LogP contribution < -0.4 is 11.3 Å². The molecule has 3 rings (SSSR count). The lowest BCUT2D eigenvalue weighted by Gasteiger charge is -2.40. The zero-order chi connectivity index (χ0) is 18.7. The number of rotatable bonds is 4. The van der Waals surface area contributed by atoms with Gasteiger partial charge in [-0.15, -0.1) is 0 Å². The van der Waals surface area contributed by atoms with E-state index in [1.165, 1.54) is 22.9 Å². The number of piperazine rings is 1. The molecule has 1 fully saturated rings. The van der Waals surface area contributed by atoms with E-state index in [9.17, 15) is 14.4 Å². The number of nitrogens with two attached hydrogens (primary N) is 1. The number of primary amides is 1. The van der Waals surface area contributed by atoms with E-state index in [0.717, 1.165) is 5.56 Å². The van der Waals surface area contributed by atoms with Gasteiger partial charge >= 0.3 is 0 Å². The van der Waals surface area contributed by atoms with Crippen LogP contribution >= 0.6 is 0 Å². The molecule has 1 aliphatic rings. The molecule has 7 heteroatoms. The summed E-state index contributed by atoms with van der Waals surface area (Å²) in [5.41, 5.74) is 6.93. The van der Waals surface area contributed by atoms with Gasteiger partial charge in [0.15, 0.2) is 0 Å². The number of aryl methyl sites for hydroxylation is 1. The number of carbonyl (C=O) groups is 2. The van der Waals surface area contributed by atoms with Crippen molar-refractivity contribution in [2.24, 2.45) is 12.8 Å². The quantitative estimate of drug-likeness (QED) is 0.849. The smallest absolute Gasteiger partial charge is 0.255 e. The Balaban J connectivity index is 1.74. The molecule has 2 aromatic rings. The molecule has 0 aliphatic carbocycles. The highest BCUT2D eigenvalue weighted by Crippen LogP contribution is 2.16. The number of hydrogen-bond donors (Lipinski definition) is 1. The molecule has 2 amide bonds. The highest BCUT2D eigenvalue weighted by molar-refractivity contribution is 5.94. The largest absolute Gasteiger partial charge is 0.368 e. The number of carbonyl (C=O) groups excluding carboxylic acids is 2. The minimum Gasteiger partial charge on any atom is -0.368 e. The van der Waals surface area contributed by atoms with Gasteiger partial charge in [0.25, 0.3) is 5.91 Å². The molecule has 0 bridgehead atoms. The fourth-order valence-corrected chi connectivity index (χ4v) is 3.19. The van der Waals surface area contributed by atoms with Gasteiger partial charge in [-0.1, -0.05) is 30.3 Å². The van der Waals surface area contributed by atoms with Gasteiger partial charge in [-0.25, -0.2) is 0 Å². The van der Waals surface area contributed by atoms with Crippen LogP contribution in [0.3, 0.4) is 0 Å². The van der Waals surface area contributed by atoms with Crippen molar-refractivity contribution in [1.82, 2.24) is 14.4 Å². The summed E-state index contributed by atoms with van der Waals surface area (Å²) in [6.07, 6.45) is 1.51. The topological polar surface area (TPSA) is 88.6 Å². The number of pyridine rings is 1. The minimum absolute atomic E-state index is 0.177. The summed E-state index contributed by atoms with van der Waals surface area (Å²) in [6, 6.07) is 12.2. The molecule has 2 heterocycles. The molecule has 0 spiro atoms. The van der Waals surface area contributed by atoms with Crippen LogP contribution in [0.2, 0.25) is 0 Å². The Morgan fingerprint density at radius 1 is 1.12 bits per heavy atom. The summed E-state index contributed by atoms with van der Waals surface area (Å²) in [5, 5.41) is 0. The Hall–Kier alpha value is -2.93. The van der Waals surface area contributed by atoms with Gasteiger partial charge in [-0.05, 0) is 11.6 Å². The predicted molar refractivity (Wildman–Crippen MR) is 97.4 cm³/mol. The molecule has 7 nitrogen and oxygen atoms in total. The maximum Gasteiger partial charge on any atom is 0.255 e. The highest BCUT2D eigenvalue weighted by Gasteiger charge is 2.33. The zero-order valence-electron chi connectivity index (χ0n) is 14.7. The molecule has 1 aliphatic heterocycles. The average Bonchev–Trinajstić information content (AvgIpc) is 2.64. The second-order valence-electron chi connectivity index (χ2n) is 6.49. The van der Waals surface area contributed by atoms with Crippen LogP contribution in [0.15, 0.2) is 53.5 Å². The first-order valence-corrected chi connectivity index (χ1v) is 8.49. The van der Waals surface area contributed by atoms with Crippen molar-refractivity contribution in [2.45, 2.75) is 12.6 Å². The van der Waals surface area contributed by atoms with Gasteiger partial charge in [0.1, 0.15) is 6.04 Å². The maximum absolute atomic E-state index is 12.7. The van der Waals surface area contributed by atoms with Crippen LogP contribution in [-0.2, 0) is 18.4 Å². The lowest BCUT2D eigenvalue weighted by molar-refractivity contribution is -0.125. The van der Waals surface area contributed by atoms with Gasteiger partial charge in [0, 0.05) is 45.5 Å². The van der Waals surface area contributed by atoms with Crippen molar-refractivity contribution in [3.05, 3.63) is 70.1 Å². The van der Waals surface area contributed by atoms with Gasteiger partial charge < -0.3 is 15.2 Å². The Kier molecular flexibility index (Phi) is 5.18. The van der Waals surface area contributed by atoms with E-state index in [1.807, 2.05) is 35.2 Å². The van der Waals surface area contributed by atoms with Gasteiger partial charge in [0.2, 0.25) is 11.5 Å². The summed E-state index contributed by atoms with van der Waals surface area (Å²) < 4.78 is 1.37. The summed E-state index contributed by atoms with van der Waals surface area (Å²) in [7, 11) is 1.60. The van der Waals surface area contributed by atoms with Crippen molar-refractivity contribution < 1.29 is 9.59 Å². The van der Waals surface area contributed by atoms with Crippen LogP contribution in [0, 0.1) is 0 Å². The summed E-state index contributed by atoms with van der Waals surface area (Å²) in [6.45, 7) is 1.90. The number of benzene rings is 1. The molecular weight excluding hydrogens is 332 g/mol. The van der Waals surface area contributed by atoms with E-state index < -0.39 is 11.9 Å². The molecule has 1 atom stereocenters. The van der Waals surface area contributed by atoms with E-state index in [2.05, 4.69) is 0 Å². The van der Waals surface area contributed by atoms with Gasteiger partial charge in [-0.2, -0.15) is 0 Å². The van der Waals surface area contributed by atoms with Crippen molar-refractivity contribution in [3.8, 4) is 0 Å². The first-order valence-electron chi connectivity index (χ1n) is 8.49. The predicted octanol–water partition coefficient (Wildman–Crippen LogP) is 0.197. The van der Waals surface area contributed by atoms with Gasteiger partial charge in [0.05, 0.1) is 5.56 Å². The van der Waals surface area contributed by atoms with E-state index in [0.29, 0.717) is 25.2 Å². The van der Waals surface area contributed by atoms with Gasteiger partial charge in [-0.3, -0.25) is 19.3 Å². The molecule has 26 heavy (non-hydrogen) atoms. The Morgan fingerprint density at radius 3 is 2.50 bits per heavy atom. The SMILES string of the molecule is Cn1cc(C(=O)N2CCN(Cc3ccccc3)C(C(N)=O)C2)ccc1=O. The van der Waals surface area contributed by atoms with Crippen LogP contribution in [0.5, 0.6) is 0 Å². The second-order valence-corrected chi connectivity index (χ2v) is 6.49. The highest BCUT2D eigenvalue weighted by atomic mass is 16.2. The Morgan fingerprint density at radius 2 is 1.85 bits per heavy atom. The van der Waals surface area contributed by atoms with Crippen molar-refractivity contribution >= 4 is 11.8 Å². The fourth-order valence-electron chi connectivity index (χ4n) is 3.19. The molecule has 1 aromatic carbocycles. The van der Waals surface area contributed by atoms with Crippen LogP contribution in [0.25, 0.3) is 0 Å². The van der Waals surface area contributed by atoms with Crippen molar-refractivity contribution in [2.75, 3.05) is 19.6 Å². The molecule has 1 aromatic heterocycles. The van der Waals surface area contributed by atoms with Crippen molar-refractivity contribution in [1.29, 1.82) is 0 Å². The number of amides is 2. The monoisotopic (exact) mass is 354 g/mol. The van der Waals surface area contributed by atoms with E-state index in [1.54, 1.807) is 11.9 Å². The maximum atomic E-state index is 12.7. The summed E-state index contributed by atoms with van der Waals surface area (Å²) in [5.74, 6) is -0.648. The summed E-state index contributed by atoms with van der Waals surface area (Å²) in [4.78, 5) is 39.8. The first kappa shape index (κ1) is 17.9. The van der Waals surface area contributed by atoms with Crippen LogP contribution in [0.1, 0.15) is 15.9 Å². The summed E-state index contributed by atoms with van der Waals surface area (Å²) >= 11 is 0. The average molecular weight is 354 g/mol. The van der Waals surface area contributed by atoms with E-state index in [4.69, 9.17) is 5.73 Å². The molecule has 136 valence electrons. The van der Waals surface area contributed by atoms with Crippen LogP contribution in [-0.4, -0.2) is 51.9 Å². The lowest BCUT2D eigenvalue weighted by atomic mass is 10.1. The standard InChI is InChI=1S/C19H22N4O3/c1-21-12-15(7-8-17(21)24)19(26)23-10-9-22(16(13-23)18(20)25)11-14-5-3-2-4-6-14/h2-8,12,16H,9-11,13H2,1H3,(H2,20,25). The molecule has 0 radical (unpaired) electrons. The first-order chi connectivity index (χ1) is 12.5. The number of hydrogen-bond acceptors (Lipinski definition) is 4. The normalized spacial score (nSPS) is 17.9. The zero-order valence-corrected chi connectivity index (χ0v) is 14.7. The van der Waals surface area contributed by atoms with E-state index >= 15 is 0 Å². The third-order valence-corrected chi connectivity index (χ3v) is 4.67. The molecule has 2 N–H and O–H groups in total. The fraction of sp³-hybridized carbons (Fsp3) is 0.316. The second kappa shape index (κ2) is 7.53. The molecule has 0 saturated carbocycles.